The van der Waals surface area contributed by atoms with Gasteiger partial charge in [-0.2, -0.15) is 0 Å². The van der Waals surface area contributed by atoms with Crippen molar-refractivity contribution in [3.05, 3.63) is 29.8 Å². The summed E-state index contributed by atoms with van der Waals surface area (Å²) in [5, 5.41) is 5.58. The van der Waals surface area contributed by atoms with Crippen molar-refractivity contribution in [1.82, 2.24) is 5.32 Å². The van der Waals surface area contributed by atoms with E-state index in [4.69, 9.17) is 5.73 Å². The number of anilines is 1. The van der Waals surface area contributed by atoms with Crippen LogP contribution in [0, 0.1) is 0 Å². The third-order valence-electron chi connectivity index (χ3n) is 2.37. The first-order valence-electron chi connectivity index (χ1n) is 6.13. The molecule has 0 aliphatic carbocycles. The Hall–Kier alpha value is -1.51. The normalized spacial score (nSPS) is 10.4. The van der Waals surface area contributed by atoms with Crippen molar-refractivity contribution in [1.29, 1.82) is 0 Å². The maximum absolute atomic E-state index is 11.0. The number of hydrogen-bond acceptors (Lipinski definition) is 3. The molecule has 0 radical (unpaired) electrons. The SMILES string of the molecule is CCCNC(N)=NCc1ccc(NC(=O)OC)cc1.I. The second-order valence-corrected chi connectivity index (χ2v) is 3.94. The molecule has 112 valence electrons. The van der Waals surface area contributed by atoms with Crippen LogP contribution in [0.15, 0.2) is 29.3 Å². The number of halogens is 1. The van der Waals surface area contributed by atoms with E-state index >= 15 is 0 Å². The van der Waals surface area contributed by atoms with Crippen LogP contribution < -0.4 is 16.4 Å². The fourth-order valence-corrected chi connectivity index (χ4v) is 1.35. The predicted octanol–water partition coefficient (Wildman–Crippen LogP) is 2.30. The Bertz CT molecular complexity index is 435. The molecule has 1 aromatic carbocycles. The van der Waals surface area contributed by atoms with Crippen molar-refractivity contribution >= 4 is 41.7 Å². The minimum absolute atomic E-state index is 0. The van der Waals surface area contributed by atoms with Crippen molar-refractivity contribution in [3.8, 4) is 0 Å². The first-order valence-corrected chi connectivity index (χ1v) is 6.13. The van der Waals surface area contributed by atoms with Crippen LogP contribution in [0.2, 0.25) is 0 Å². The van der Waals surface area contributed by atoms with Gasteiger partial charge in [0.05, 0.1) is 13.7 Å². The maximum atomic E-state index is 11.0. The van der Waals surface area contributed by atoms with Crippen LogP contribution in [0.25, 0.3) is 0 Å². The molecular weight excluding hydrogens is 371 g/mol. The van der Waals surface area contributed by atoms with E-state index in [1.54, 1.807) is 12.1 Å². The summed E-state index contributed by atoms with van der Waals surface area (Å²) in [5.74, 6) is 0.443. The van der Waals surface area contributed by atoms with Crippen LogP contribution in [0.5, 0.6) is 0 Å². The molecule has 0 unspecified atom stereocenters. The number of nitrogens with one attached hydrogen (secondary N) is 2. The molecule has 0 aliphatic rings. The predicted molar refractivity (Wildman–Crippen MR) is 91.5 cm³/mol. The third kappa shape index (κ3) is 7.17. The lowest BCUT2D eigenvalue weighted by Gasteiger charge is -2.05. The molecule has 1 rings (SSSR count). The average molecular weight is 392 g/mol. The average Bonchev–Trinajstić information content (AvgIpc) is 2.44. The third-order valence-corrected chi connectivity index (χ3v) is 2.37. The second-order valence-electron chi connectivity index (χ2n) is 3.94. The van der Waals surface area contributed by atoms with E-state index in [9.17, 15) is 4.79 Å². The molecular formula is C13H21IN4O2. The van der Waals surface area contributed by atoms with Crippen LogP contribution in [0.3, 0.4) is 0 Å². The highest BCUT2D eigenvalue weighted by Gasteiger charge is 2.00. The zero-order chi connectivity index (χ0) is 14.1. The van der Waals surface area contributed by atoms with Gasteiger partial charge in [0.25, 0.3) is 0 Å². The van der Waals surface area contributed by atoms with Crippen LogP contribution in [-0.2, 0) is 11.3 Å². The lowest BCUT2D eigenvalue weighted by Crippen LogP contribution is -2.32. The van der Waals surface area contributed by atoms with Crippen LogP contribution in [0.4, 0.5) is 10.5 Å². The van der Waals surface area contributed by atoms with Gasteiger partial charge in [0.15, 0.2) is 5.96 Å². The Balaban J connectivity index is 0.00000361. The highest BCUT2D eigenvalue weighted by Crippen LogP contribution is 2.10. The van der Waals surface area contributed by atoms with Gasteiger partial charge in [-0.25, -0.2) is 9.79 Å². The largest absolute Gasteiger partial charge is 0.453 e. The number of methoxy groups -OCH3 is 1. The van der Waals surface area contributed by atoms with Crippen LogP contribution in [-0.4, -0.2) is 25.7 Å². The molecule has 1 aromatic rings. The Morgan fingerprint density at radius 2 is 2.00 bits per heavy atom. The van der Waals surface area contributed by atoms with Gasteiger partial charge < -0.3 is 15.8 Å². The van der Waals surface area contributed by atoms with Gasteiger partial charge in [0.2, 0.25) is 0 Å². The Morgan fingerprint density at radius 1 is 1.35 bits per heavy atom. The summed E-state index contributed by atoms with van der Waals surface area (Å²) in [5.41, 5.74) is 7.38. The van der Waals surface area contributed by atoms with Gasteiger partial charge in [-0.1, -0.05) is 19.1 Å². The van der Waals surface area contributed by atoms with Gasteiger partial charge in [-0.3, -0.25) is 5.32 Å². The minimum Gasteiger partial charge on any atom is -0.453 e. The zero-order valence-electron chi connectivity index (χ0n) is 11.7. The Kier molecular flexibility index (Phi) is 9.52. The quantitative estimate of drug-likeness (QED) is 0.408. The van der Waals surface area contributed by atoms with Crippen molar-refractivity contribution in [2.75, 3.05) is 19.0 Å². The van der Waals surface area contributed by atoms with E-state index < -0.39 is 6.09 Å². The number of guanidine groups is 1. The number of nitrogens with two attached hydrogens (primary N) is 1. The first kappa shape index (κ1) is 18.5. The van der Waals surface area contributed by atoms with Gasteiger partial charge >= 0.3 is 6.09 Å². The number of ether oxygens (including phenoxy) is 1. The zero-order valence-corrected chi connectivity index (χ0v) is 14.0. The van der Waals surface area contributed by atoms with Crippen LogP contribution >= 0.6 is 24.0 Å². The summed E-state index contributed by atoms with van der Waals surface area (Å²) < 4.78 is 4.50. The minimum atomic E-state index is -0.487. The summed E-state index contributed by atoms with van der Waals surface area (Å²) in [6, 6.07) is 7.33. The number of carbonyl (C=O) groups excluding carboxylic acids is 1. The number of amides is 1. The summed E-state index contributed by atoms with van der Waals surface area (Å²) in [6.45, 7) is 3.38. The van der Waals surface area contributed by atoms with Gasteiger partial charge in [-0.15, -0.1) is 24.0 Å². The van der Waals surface area contributed by atoms with E-state index in [0.717, 1.165) is 18.5 Å². The monoisotopic (exact) mass is 392 g/mol. The van der Waals surface area contributed by atoms with Crippen molar-refractivity contribution in [2.24, 2.45) is 10.7 Å². The van der Waals surface area contributed by atoms with Crippen molar-refractivity contribution < 1.29 is 9.53 Å². The maximum Gasteiger partial charge on any atom is 0.411 e. The van der Waals surface area contributed by atoms with Gasteiger partial charge in [0.1, 0.15) is 0 Å². The Morgan fingerprint density at radius 3 is 2.55 bits per heavy atom. The molecule has 0 saturated carbocycles. The van der Waals surface area contributed by atoms with E-state index in [-0.39, 0.29) is 24.0 Å². The molecule has 6 nitrogen and oxygen atoms in total. The number of nitrogens with zero attached hydrogens (tertiary/aromatic N) is 1. The summed E-state index contributed by atoms with van der Waals surface area (Å²) in [4.78, 5) is 15.2. The fraction of sp³-hybridized carbons (Fsp3) is 0.385. The van der Waals surface area contributed by atoms with Crippen LogP contribution in [0.1, 0.15) is 18.9 Å². The molecule has 1 amide bonds. The van der Waals surface area contributed by atoms with E-state index in [1.807, 2.05) is 12.1 Å². The molecule has 0 aliphatic heterocycles. The van der Waals surface area contributed by atoms with Crippen molar-refractivity contribution in [2.45, 2.75) is 19.9 Å². The summed E-state index contributed by atoms with van der Waals surface area (Å²) >= 11 is 0. The number of carbonyl (C=O) groups is 1. The molecule has 0 heterocycles. The molecule has 20 heavy (non-hydrogen) atoms. The van der Waals surface area contributed by atoms with E-state index in [2.05, 4.69) is 27.3 Å². The highest BCUT2D eigenvalue weighted by molar-refractivity contribution is 14.0. The van der Waals surface area contributed by atoms with E-state index in [1.165, 1.54) is 7.11 Å². The molecule has 0 bridgehead atoms. The molecule has 0 saturated heterocycles. The first-order chi connectivity index (χ1) is 9.15. The molecule has 0 fully saturated rings. The molecule has 7 heteroatoms. The highest BCUT2D eigenvalue weighted by atomic mass is 127. The lowest BCUT2D eigenvalue weighted by atomic mass is 10.2. The molecule has 4 N–H and O–H groups in total. The number of hydrogen-bond donors (Lipinski definition) is 3. The van der Waals surface area contributed by atoms with Gasteiger partial charge in [-0.05, 0) is 24.1 Å². The number of aliphatic imine (C=N–C) groups is 1. The standard InChI is InChI=1S/C13H20N4O2.HI/c1-3-8-15-12(14)16-9-10-4-6-11(7-5-10)17-13(18)19-2;/h4-7H,3,8-9H2,1-2H3,(H,17,18)(H3,14,15,16);1H. The molecule has 0 aromatic heterocycles. The molecule has 0 spiro atoms. The number of rotatable bonds is 5. The summed E-state index contributed by atoms with van der Waals surface area (Å²) in [7, 11) is 1.32. The van der Waals surface area contributed by atoms with E-state index in [0.29, 0.717) is 18.2 Å². The topological polar surface area (TPSA) is 88.7 Å². The van der Waals surface area contributed by atoms with Crippen molar-refractivity contribution in [3.63, 3.8) is 0 Å². The smallest absolute Gasteiger partial charge is 0.411 e. The van der Waals surface area contributed by atoms with Gasteiger partial charge in [0, 0.05) is 12.2 Å². The lowest BCUT2D eigenvalue weighted by molar-refractivity contribution is 0.187. The second kappa shape index (κ2) is 10.3. The Labute approximate surface area is 136 Å². The molecule has 0 atom stereocenters. The fourth-order valence-electron chi connectivity index (χ4n) is 1.35. The summed E-state index contributed by atoms with van der Waals surface area (Å²) in [6.07, 6.45) is 0.517. The number of benzene rings is 1.